The van der Waals surface area contributed by atoms with Gasteiger partial charge in [0.15, 0.2) is 5.65 Å². The lowest BCUT2D eigenvalue weighted by Gasteiger charge is -2.40. The standard InChI is InChI=1S/C24H34ClN7/c1-17-6-7-21(25)18(14-17)15-26-22-20-16-27-30(2)23(20)29-24(28-22)32-12-8-19(9-13-32)31-10-4-3-5-11-31/h6-7,16-17,19H,3-5,8-15H2,1-2H3,(H,26,28,29). The van der Waals surface area contributed by atoms with Crippen molar-refractivity contribution < 1.29 is 0 Å². The molecule has 1 unspecified atom stereocenters. The Balaban J connectivity index is 1.33. The summed E-state index contributed by atoms with van der Waals surface area (Å²) in [6, 6.07) is 0.708. The second kappa shape index (κ2) is 9.40. The van der Waals surface area contributed by atoms with Crippen LogP contribution in [-0.2, 0) is 7.05 Å². The highest BCUT2D eigenvalue weighted by Gasteiger charge is 2.27. The Morgan fingerprint density at radius 2 is 1.88 bits per heavy atom. The number of allylic oxidation sites excluding steroid dienone is 3. The third-order valence-electron chi connectivity index (χ3n) is 7.18. The van der Waals surface area contributed by atoms with E-state index in [9.17, 15) is 0 Å². The number of fused-ring (bicyclic) bond motifs is 1. The number of aryl methyl sites for hydroxylation is 1. The topological polar surface area (TPSA) is 62.1 Å². The van der Waals surface area contributed by atoms with E-state index in [1.807, 2.05) is 24.0 Å². The van der Waals surface area contributed by atoms with Crippen LogP contribution in [-0.4, -0.2) is 63.4 Å². The molecule has 1 aliphatic carbocycles. The molecule has 5 rings (SSSR count). The minimum atomic E-state index is 0.509. The molecule has 4 heterocycles. The van der Waals surface area contributed by atoms with E-state index >= 15 is 0 Å². The molecule has 2 aromatic rings. The van der Waals surface area contributed by atoms with Crippen LogP contribution >= 0.6 is 11.6 Å². The number of rotatable bonds is 5. The van der Waals surface area contributed by atoms with Crippen LogP contribution in [0.1, 0.15) is 45.4 Å². The highest BCUT2D eigenvalue weighted by Crippen LogP contribution is 2.29. The normalized spacial score (nSPS) is 23.3. The van der Waals surface area contributed by atoms with Gasteiger partial charge in [-0.05, 0) is 62.8 Å². The molecule has 0 aromatic carbocycles. The average Bonchev–Trinajstić information content (AvgIpc) is 3.21. The fourth-order valence-electron chi connectivity index (χ4n) is 5.27. The predicted molar refractivity (Wildman–Crippen MR) is 131 cm³/mol. The number of piperidine rings is 2. The van der Waals surface area contributed by atoms with E-state index in [1.54, 1.807) is 0 Å². The Kier molecular flexibility index (Phi) is 6.37. The van der Waals surface area contributed by atoms with Crippen LogP contribution in [0, 0.1) is 5.92 Å². The summed E-state index contributed by atoms with van der Waals surface area (Å²) >= 11 is 6.46. The maximum atomic E-state index is 6.46. The molecule has 8 heteroatoms. The molecule has 1 atom stereocenters. The van der Waals surface area contributed by atoms with Gasteiger partial charge in [-0.15, -0.1) is 0 Å². The van der Waals surface area contributed by atoms with Crippen molar-refractivity contribution in [3.05, 3.63) is 29.0 Å². The van der Waals surface area contributed by atoms with Crippen LogP contribution < -0.4 is 10.2 Å². The van der Waals surface area contributed by atoms with Gasteiger partial charge < -0.3 is 15.1 Å². The molecule has 0 bridgehead atoms. The van der Waals surface area contributed by atoms with E-state index in [-0.39, 0.29) is 0 Å². The largest absolute Gasteiger partial charge is 0.365 e. The lowest BCUT2D eigenvalue weighted by atomic mass is 9.96. The summed E-state index contributed by atoms with van der Waals surface area (Å²) in [5.41, 5.74) is 2.09. The molecule has 1 N–H and O–H groups in total. The number of likely N-dealkylation sites (tertiary alicyclic amines) is 1. The van der Waals surface area contributed by atoms with Crippen LogP contribution in [0.25, 0.3) is 11.0 Å². The van der Waals surface area contributed by atoms with E-state index in [2.05, 4.69) is 33.2 Å². The van der Waals surface area contributed by atoms with Crippen LogP contribution in [0.3, 0.4) is 0 Å². The Hall–Kier alpha value is -2.12. The molecule has 0 saturated carbocycles. The zero-order valence-electron chi connectivity index (χ0n) is 19.2. The van der Waals surface area contributed by atoms with E-state index in [0.29, 0.717) is 18.5 Å². The molecule has 0 spiro atoms. The van der Waals surface area contributed by atoms with Crippen molar-refractivity contribution in [2.45, 2.75) is 51.5 Å². The van der Waals surface area contributed by atoms with Crippen molar-refractivity contribution >= 4 is 34.4 Å². The second-order valence-corrected chi connectivity index (χ2v) is 9.95. The van der Waals surface area contributed by atoms with E-state index < -0.39 is 0 Å². The zero-order chi connectivity index (χ0) is 22.1. The van der Waals surface area contributed by atoms with Gasteiger partial charge in [0, 0.05) is 37.8 Å². The quantitative estimate of drug-likeness (QED) is 0.724. The molecule has 32 heavy (non-hydrogen) atoms. The third-order valence-corrected chi connectivity index (χ3v) is 7.57. The van der Waals surface area contributed by atoms with Gasteiger partial charge in [-0.2, -0.15) is 15.1 Å². The third kappa shape index (κ3) is 4.50. The van der Waals surface area contributed by atoms with Gasteiger partial charge in [0.1, 0.15) is 5.82 Å². The van der Waals surface area contributed by atoms with E-state index in [0.717, 1.165) is 47.3 Å². The first-order valence-electron chi connectivity index (χ1n) is 12.1. The number of hydrogen-bond donors (Lipinski definition) is 1. The van der Waals surface area contributed by atoms with Crippen LogP contribution in [0.4, 0.5) is 11.8 Å². The van der Waals surface area contributed by atoms with Crippen LogP contribution in [0.15, 0.2) is 29.0 Å². The highest BCUT2D eigenvalue weighted by atomic mass is 35.5. The molecule has 3 aliphatic rings. The molecule has 0 amide bonds. The summed E-state index contributed by atoms with van der Waals surface area (Å²) in [5, 5.41) is 9.78. The van der Waals surface area contributed by atoms with Gasteiger partial charge in [-0.1, -0.05) is 31.0 Å². The lowest BCUT2D eigenvalue weighted by molar-refractivity contribution is 0.141. The fraction of sp³-hybridized carbons (Fsp3) is 0.625. The lowest BCUT2D eigenvalue weighted by Crippen LogP contribution is -2.47. The van der Waals surface area contributed by atoms with Gasteiger partial charge >= 0.3 is 0 Å². The molecule has 172 valence electrons. The zero-order valence-corrected chi connectivity index (χ0v) is 20.0. The SMILES string of the molecule is CC1C=CC(Cl)=C(CNc2nc(N3CCC(N4CCCCC4)CC3)nc3c2cnn3C)C1. The summed E-state index contributed by atoms with van der Waals surface area (Å²) in [6.07, 6.45) is 13.5. The summed E-state index contributed by atoms with van der Waals surface area (Å²) in [5.74, 6) is 2.16. The number of nitrogens with zero attached hydrogens (tertiary/aromatic N) is 6. The number of hydrogen-bond acceptors (Lipinski definition) is 6. The monoisotopic (exact) mass is 455 g/mol. The van der Waals surface area contributed by atoms with Gasteiger partial charge in [0.05, 0.1) is 11.6 Å². The predicted octanol–water partition coefficient (Wildman–Crippen LogP) is 4.32. The van der Waals surface area contributed by atoms with Crippen molar-refractivity contribution in [2.75, 3.05) is 42.9 Å². The maximum Gasteiger partial charge on any atom is 0.229 e. The Morgan fingerprint density at radius 3 is 2.66 bits per heavy atom. The molecular weight excluding hydrogens is 422 g/mol. The molecule has 7 nitrogen and oxygen atoms in total. The van der Waals surface area contributed by atoms with Crippen molar-refractivity contribution in [1.82, 2.24) is 24.6 Å². The van der Waals surface area contributed by atoms with Crippen molar-refractivity contribution in [3.8, 4) is 0 Å². The first-order chi connectivity index (χ1) is 15.6. The average molecular weight is 456 g/mol. The summed E-state index contributed by atoms with van der Waals surface area (Å²) < 4.78 is 1.84. The first-order valence-corrected chi connectivity index (χ1v) is 12.4. The highest BCUT2D eigenvalue weighted by molar-refractivity contribution is 6.31. The van der Waals surface area contributed by atoms with Crippen LogP contribution in [0.2, 0.25) is 0 Å². The van der Waals surface area contributed by atoms with Crippen molar-refractivity contribution in [1.29, 1.82) is 0 Å². The molecule has 2 saturated heterocycles. The van der Waals surface area contributed by atoms with E-state index in [4.69, 9.17) is 21.6 Å². The smallest absolute Gasteiger partial charge is 0.229 e. The Labute approximate surface area is 195 Å². The van der Waals surface area contributed by atoms with Crippen molar-refractivity contribution in [3.63, 3.8) is 0 Å². The van der Waals surface area contributed by atoms with Crippen molar-refractivity contribution in [2.24, 2.45) is 13.0 Å². The number of nitrogens with one attached hydrogen (secondary N) is 1. The van der Waals surface area contributed by atoms with E-state index in [1.165, 1.54) is 50.8 Å². The number of anilines is 2. The maximum absolute atomic E-state index is 6.46. The van der Waals surface area contributed by atoms with Gasteiger partial charge in [0.25, 0.3) is 0 Å². The minimum absolute atomic E-state index is 0.509. The number of aromatic nitrogens is 4. The minimum Gasteiger partial charge on any atom is -0.365 e. The second-order valence-electron chi connectivity index (χ2n) is 9.54. The first kappa shape index (κ1) is 21.7. The summed E-state index contributed by atoms with van der Waals surface area (Å²) in [7, 11) is 1.94. The van der Waals surface area contributed by atoms with Gasteiger partial charge in [-0.3, -0.25) is 4.68 Å². The fourth-order valence-corrected chi connectivity index (χ4v) is 5.49. The molecule has 2 aliphatic heterocycles. The van der Waals surface area contributed by atoms with Gasteiger partial charge in [0.2, 0.25) is 5.95 Å². The molecular formula is C24H34ClN7. The van der Waals surface area contributed by atoms with Gasteiger partial charge in [-0.25, -0.2) is 0 Å². The Bertz CT molecular complexity index is 1010. The molecule has 0 radical (unpaired) electrons. The van der Waals surface area contributed by atoms with Crippen LogP contribution in [0.5, 0.6) is 0 Å². The number of halogens is 1. The molecule has 2 aromatic heterocycles. The molecule has 2 fully saturated rings. The summed E-state index contributed by atoms with van der Waals surface area (Å²) in [4.78, 5) is 14.9. The summed E-state index contributed by atoms with van der Waals surface area (Å²) in [6.45, 7) is 7.44. The Morgan fingerprint density at radius 1 is 1.09 bits per heavy atom.